The molecule has 0 amide bonds. The molecule has 1 atom stereocenters. The molecule has 0 aromatic rings. The number of nitrogens with zero attached hydrogens (tertiary/aromatic N) is 1. The molecule has 2 rings (SSSR count). The molecule has 2 fully saturated rings. The lowest BCUT2D eigenvalue weighted by atomic mass is 9.79. The van der Waals surface area contributed by atoms with Crippen LogP contribution in [0.1, 0.15) is 46.0 Å². The van der Waals surface area contributed by atoms with Gasteiger partial charge in [-0.3, -0.25) is 4.90 Å². The highest BCUT2D eigenvalue weighted by atomic mass is 16.5. The molecule has 3 nitrogen and oxygen atoms in total. The van der Waals surface area contributed by atoms with Gasteiger partial charge in [0.1, 0.15) is 0 Å². The molecule has 0 radical (unpaired) electrons. The van der Waals surface area contributed by atoms with Gasteiger partial charge < -0.3 is 10.1 Å². The van der Waals surface area contributed by atoms with Crippen LogP contribution in [0.3, 0.4) is 0 Å². The maximum Gasteiger partial charge on any atom is 0.0620 e. The third-order valence-electron chi connectivity index (χ3n) is 4.79. The molecule has 1 N–H and O–H groups in total. The van der Waals surface area contributed by atoms with Crippen molar-refractivity contribution in [3.8, 4) is 0 Å². The highest BCUT2D eigenvalue weighted by molar-refractivity contribution is 4.98. The van der Waals surface area contributed by atoms with Gasteiger partial charge in [0.15, 0.2) is 0 Å². The molecule has 1 spiro atoms. The van der Waals surface area contributed by atoms with Crippen molar-refractivity contribution >= 4 is 0 Å². The van der Waals surface area contributed by atoms with Crippen molar-refractivity contribution in [1.82, 2.24) is 10.2 Å². The van der Waals surface area contributed by atoms with Gasteiger partial charge in [-0.25, -0.2) is 0 Å². The standard InChI is InChI=1S/C15H30N2O/c1-13(2)14(11-18-3)17-10-9-16-15(12-17)7-5-4-6-8-15/h13-14,16H,4-12H2,1-3H3. The van der Waals surface area contributed by atoms with Crippen LogP contribution in [-0.4, -0.2) is 49.8 Å². The summed E-state index contributed by atoms with van der Waals surface area (Å²) in [4.78, 5) is 2.68. The van der Waals surface area contributed by atoms with Gasteiger partial charge in [-0.1, -0.05) is 33.1 Å². The van der Waals surface area contributed by atoms with Crippen LogP contribution in [-0.2, 0) is 4.74 Å². The minimum atomic E-state index is 0.414. The minimum absolute atomic E-state index is 0.414. The molecule has 3 heteroatoms. The summed E-state index contributed by atoms with van der Waals surface area (Å²) in [5.41, 5.74) is 0.414. The third-order valence-corrected chi connectivity index (χ3v) is 4.79. The number of rotatable bonds is 4. The maximum atomic E-state index is 5.43. The monoisotopic (exact) mass is 254 g/mol. The smallest absolute Gasteiger partial charge is 0.0620 e. The molecule has 1 aliphatic heterocycles. The second-order valence-corrected chi connectivity index (χ2v) is 6.50. The Bertz CT molecular complexity index is 243. The van der Waals surface area contributed by atoms with E-state index < -0.39 is 0 Å². The van der Waals surface area contributed by atoms with Crippen LogP contribution >= 0.6 is 0 Å². The van der Waals surface area contributed by atoms with Crippen molar-refractivity contribution in [3.05, 3.63) is 0 Å². The van der Waals surface area contributed by atoms with Gasteiger partial charge in [0.25, 0.3) is 0 Å². The lowest BCUT2D eigenvalue weighted by Gasteiger charge is -2.49. The van der Waals surface area contributed by atoms with E-state index in [2.05, 4.69) is 24.1 Å². The van der Waals surface area contributed by atoms with E-state index in [1.54, 1.807) is 0 Å². The zero-order chi connectivity index (χ0) is 13.0. The molecule has 0 bridgehead atoms. The summed E-state index contributed by atoms with van der Waals surface area (Å²) in [6.45, 7) is 9.05. The van der Waals surface area contributed by atoms with Gasteiger partial charge in [-0.2, -0.15) is 0 Å². The van der Waals surface area contributed by atoms with Crippen molar-refractivity contribution in [2.24, 2.45) is 5.92 Å². The fourth-order valence-corrected chi connectivity index (χ4v) is 3.73. The summed E-state index contributed by atoms with van der Waals surface area (Å²) in [7, 11) is 1.83. The molecule has 1 saturated heterocycles. The summed E-state index contributed by atoms with van der Waals surface area (Å²) in [6, 6.07) is 0.580. The molecule has 0 aromatic heterocycles. The van der Waals surface area contributed by atoms with Crippen molar-refractivity contribution in [3.63, 3.8) is 0 Å². The Morgan fingerprint density at radius 2 is 1.94 bits per heavy atom. The van der Waals surface area contributed by atoms with Crippen LogP contribution in [0.15, 0.2) is 0 Å². The number of piperazine rings is 1. The minimum Gasteiger partial charge on any atom is -0.383 e. The predicted molar refractivity (Wildman–Crippen MR) is 75.9 cm³/mol. The summed E-state index contributed by atoms with van der Waals surface area (Å²) < 4.78 is 5.43. The van der Waals surface area contributed by atoms with Gasteiger partial charge in [-0.05, 0) is 18.8 Å². The molecule has 1 saturated carbocycles. The first-order valence-electron chi connectivity index (χ1n) is 7.65. The van der Waals surface area contributed by atoms with Crippen LogP contribution in [0.4, 0.5) is 0 Å². The van der Waals surface area contributed by atoms with Gasteiger partial charge in [0, 0.05) is 38.3 Å². The largest absolute Gasteiger partial charge is 0.383 e. The maximum absolute atomic E-state index is 5.43. The number of hydrogen-bond acceptors (Lipinski definition) is 3. The van der Waals surface area contributed by atoms with Crippen LogP contribution in [0.25, 0.3) is 0 Å². The van der Waals surface area contributed by atoms with Crippen molar-refractivity contribution in [2.45, 2.75) is 57.5 Å². The first kappa shape index (κ1) is 14.3. The van der Waals surface area contributed by atoms with Gasteiger partial charge >= 0.3 is 0 Å². The predicted octanol–water partition coefficient (Wildman–Crippen LogP) is 2.27. The van der Waals surface area contributed by atoms with Crippen LogP contribution < -0.4 is 5.32 Å². The van der Waals surface area contributed by atoms with Crippen LogP contribution in [0, 0.1) is 5.92 Å². The van der Waals surface area contributed by atoms with Gasteiger partial charge in [0.05, 0.1) is 6.61 Å². The summed E-state index contributed by atoms with van der Waals surface area (Å²) in [5, 5.41) is 3.82. The van der Waals surface area contributed by atoms with Crippen molar-refractivity contribution in [1.29, 1.82) is 0 Å². The summed E-state index contributed by atoms with van der Waals surface area (Å²) in [6.07, 6.45) is 6.95. The highest BCUT2D eigenvalue weighted by Crippen LogP contribution is 2.31. The lowest BCUT2D eigenvalue weighted by Crippen LogP contribution is -2.64. The van der Waals surface area contributed by atoms with E-state index in [1.807, 2.05) is 7.11 Å². The van der Waals surface area contributed by atoms with E-state index in [9.17, 15) is 0 Å². The normalized spacial score (nSPS) is 26.7. The number of methoxy groups -OCH3 is 1. The van der Waals surface area contributed by atoms with Crippen LogP contribution in [0.2, 0.25) is 0 Å². The topological polar surface area (TPSA) is 24.5 Å². The zero-order valence-electron chi connectivity index (χ0n) is 12.4. The highest BCUT2D eigenvalue weighted by Gasteiger charge is 2.38. The summed E-state index contributed by atoms with van der Waals surface area (Å²) in [5.74, 6) is 0.670. The third kappa shape index (κ3) is 3.25. The number of nitrogens with one attached hydrogen (secondary N) is 1. The van der Waals surface area contributed by atoms with Gasteiger partial charge in [0.2, 0.25) is 0 Å². The molecule has 1 unspecified atom stereocenters. The fraction of sp³-hybridized carbons (Fsp3) is 1.00. The Hall–Kier alpha value is -0.120. The fourth-order valence-electron chi connectivity index (χ4n) is 3.73. The SMILES string of the molecule is COCC(C(C)C)N1CCNC2(CCCCC2)C1. The van der Waals surface area contributed by atoms with E-state index in [-0.39, 0.29) is 0 Å². The molecule has 1 aliphatic carbocycles. The molecule has 0 aromatic carbocycles. The van der Waals surface area contributed by atoms with Crippen molar-refractivity contribution < 1.29 is 4.74 Å². The Morgan fingerprint density at radius 3 is 2.56 bits per heavy atom. The van der Waals surface area contributed by atoms with E-state index in [0.717, 1.165) is 13.2 Å². The molecule has 106 valence electrons. The molecular formula is C15H30N2O. The van der Waals surface area contributed by atoms with Crippen molar-refractivity contribution in [2.75, 3.05) is 33.4 Å². The Morgan fingerprint density at radius 1 is 1.22 bits per heavy atom. The van der Waals surface area contributed by atoms with Gasteiger partial charge in [-0.15, -0.1) is 0 Å². The number of hydrogen-bond donors (Lipinski definition) is 1. The zero-order valence-corrected chi connectivity index (χ0v) is 12.4. The lowest BCUT2D eigenvalue weighted by molar-refractivity contribution is 0.0141. The average molecular weight is 254 g/mol. The second kappa shape index (κ2) is 6.36. The van der Waals surface area contributed by atoms with E-state index in [4.69, 9.17) is 4.74 Å². The second-order valence-electron chi connectivity index (χ2n) is 6.50. The Kier molecular flexibility index (Phi) is 5.05. The molecule has 1 heterocycles. The Balaban J connectivity index is 1.99. The quantitative estimate of drug-likeness (QED) is 0.833. The molecular weight excluding hydrogens is 224 g/mol. The number of ether oxygens (including phenoxy) is 1. The van der Waals surface area contributed by atoms with Crippen LogP contribution in [0.5, 0.6) is 0 Å². The first-order chi connectivity index (χ1) is 8.67. The first-order valence-corrected chi connectivity index (χ1v) is 7.65. The average Bonchev–Trinajstić information content (AvgIpc) is 2.36. The molecule has 2 aliphatic rings. The summed E-state index contributed by atoms with van der Waals surface area (Å²) >= 11 is 0. The van der Waals surface area contributed by atoms with E-state index >= 15 is 0 Å². The molecule has 18 heavy (non-hydrogen) atoms. The van der Waals surface area contributed by atoms with E-state index in [0.29, 0.717) is 17.5 Å². The van der Waals surface area contributed by atoms with E-state index in [1.165, 1.54) is 45.2 Å². The Labute approximate surface area is 112 Å².